The van der Waals surface area contributed by atoms with Crippen molar-refractivity contribution in [1.82, 2.24) is 10.2 Å². The topological polar surface area (TPSA) is 105 Å². The highest BCUT2D eigenvalue weighted by molar-refractivity contribution is 9.09. The average Bonchev–Trinajstić information content (AvgIpc) is 3.27. The molecule has 0 aromatic rings. The zero-order valence-corrected chi connectivity index (χ0v) is 24.0. The molecule has 3 saturated heterocycles. The van der Waals surface area contributed by atoms with Crippen molar-refractivity contribution in [2.45, 2.75) is 109 Å². The van der Waals surface area contributed by atoms with Gasteiger partial charge in [0.05, 0.1) is 37.2 Å². The Balaban J connectivity index is 2.06. The monoisotopic (exact) mass is 558 g/mol. The lowest BCUT2D eigenvalue weighted by Crippen LogP contribution is -2.61. The van der Waals surface area contributed by atoms with Gasteiger partial charge >= 0.3 is 5.97 Å². The third-order valence-corrected chi connectivity index (χ3v) is 8.16. The average molecular weight is 560 g/mol. The molecule has 8 nitrogen and oxygen atoms in total. The maximum atomic E-state index is 14.0. The lowest BCUT2D eigenvalue weighted by molar-refractivity contribution is -0.155. The van der Waals surface area contributed by atoms with Gasteiger partial charge in [0, 0.05) is 10.4 Å². The van der Waals surface area contributed by atoms with Crippen molar-refractivity contribution >= 4 is 33.7 Å². The Labute approximate surface area is 218 Å². The highest BCUT2D eigenvalue weighted by Crippen LogP contribution is 2.60. The van der Waals surface area contributed by atoms with Gasteiger partial charge in [-0.15, -0.1) is 0 Å². The normalized spacial score (nSPS) is 33.3. The number of hydrogen-bond donors (Lipinski definition) is 2. The van der Waals surface area contributed by atoms with Crippen LogP contribution >= 0.6 is 15.9 Å². The number of carbonyl (C=O) groups is 3. The maximum absolute atomic E-state index is 14.0. The van der Waals surface area contributed by atoms with Crippen molar-refractivity contribution in [3.05, 3.63) is 0 Å². The molecule has 1 spiro atoms. The first-order valence-electron chi connectivity index (χ1n) is 12.8. The van der Waals surface area contributed by atoms with Crippen LogP contribution in [0.3, 0.4) is 0 Å². The Morgan fingerprint density at radius 1 is 1.29 bits per heavy atom. The standard InChI is InChI=1S/C26H43BrN2O6/c1-9-34-23(33)17-18-22(32)29(15(12-30)10-14(2)3)20(26(18)11-16(27)19(17)35-26)21(31)28-25(7,8)13-24(4,5)6/h14-20,30H,9-13H2,1-8H3,(H,28,31)/t15-,16?,17+,18-,19+,20+,26-/m1/s1. The number of aliphatic hydroxyl groups is 1. The van der Waals surface area contributed by atoms with Gasteiger partial charge in [-0.3, -0.25) is 14.4 Å². The summed E-state index contributed by atoms with van der Waals surface area (Å²) >= 11 is 3.65. The number of carbonyl (C=O) groups excluding carboxylic acids is 3. The van der Waals surface area contributed by atoms with Crippen LogP contribution in [0.1, 0.15) is 74.7 Å². The molecule has 2 bridgehead atoms. The van der Waals surface area contributed by atoms with Gasteiger partial charge in [0.15, 0.2) is 0 Å². The molecule has 9 heteroatoms. The highest BCUT2D eigenvalue weighted by Gasteiger charge is 2.77. The largest absolute Gasteiger partial charge is 0.466 e. The van der Waals surface area contributed by atoms with Gasteiger partial charge in [-0.1, -0.05) is 50.5 Å². The third-order valence-electron chi connectivity index (χ3n) is 7.32. The smallest absolute Gasteiger partial charge is 0.312 e. The van der Waals surface area contributed by atoms with Crippen LogP contribution in [0.25, 0.3) is 0 Å². The predicted octanol–water partition coefficient (Wildman–Crippen LogP) is 3.04. The van der Waals surface area contributed by atoms with Gasteiger partial charge in [0.1, 0.15) is 11.6 Å². The molecule has 200 valence electrons. The zero-order chi connectivity index (χ0) is 26.5. The summed E-state index contributed by atoms with van der Waals surface area (Å²) in [6.07, 6.45) is 1.15. The molecule has 3 fully saturated rings. The number of fused-ring (bicyclic) bond motifs is 1. The van der Waals surface area contributed by atoms with E-state index in [2.05, 4.69) is 42.0 Å². The number of amides is 2. The van der Waals surface area contributed by atoms with E-state index in [1.165, 1.54) is 4.90 Å². The van der Waals surface area contributed by atoms with Gasteiger partial charge in [0.2, 0.25) is 11.8 Å². The number of alkyl halides is 1. The van der Waals surface area contributed by atoms with E-state index < -0.39 is 47.1 Å². The molecular weight excluding hydrogens is 516 g/mol. The molecule has 3 rings (SSSR count). The number of likely N-dealkylation sites (tertiary alicyclic amines) is 1. The number of rotatable bonds is 9. The summed E-state index contributed by atoms with van der Waals surface area (Å²) < 4.78 is 11.8. The fraction of sp³-hybridized carbons (Fsp3) is 0.885. The van der Waals surface area contributed by atoms with E-state index in [0.717, 1.165) is 6.42 Å². The van der Waals surface area contributed by atoms with Crippen molar-refractivity contribution in [2.75, 3.05) is 13.2 Å². The molecule has 0 radical (unpaired) electrons. The molecule has 3 heterocycles. The molecule has 0 saturated carbocycles. The Kier molecular flexibility index (Phi) is 8.06. The van der Waals surface area contributed by atoms with Crippen LogP contribution in [0.4, 0.5) is 0 Å². The van der Waals surface area contributed by atoms with Gasteiger partial charge in [-0.2, -0.15) is 0 Å². The first-order valence-corrected chi connectivity index (χ1v) is 13.7. The van der Waals surface area contributed by atoms with Crippen molar-refractivity contribution in [3.63, 3.8) is 0 Å². The Bertz CT molecular complexity index is 840. The summed E-state index contributed by atoms with van der Waals surface area (Å²) in [5.74, 6) is -2.49. The number of halogens is 1. The Morgan fingerprint density at radius 2 is 1.91 bits per heavy atom. The molecule has 2 N–H and O–H groups in total. The van der Waals surface area contributed by atoms with Crippen molar-refractivity contribution in [1.29, 1.82) is 0 Å². The second kappa shape index (κ2) is 9.93. The van der Waals surface area contributed by atoms with Crippen LogP contribution < -0.4 is 5.32 Å². The summed E-state index contributed by atoms with van der Waals surface area (Å²) in [5.41, 5.74) is -1.71. The van der Waals surface area contributed by atoms with E-state index in [1.807, 2.05) is 27.7 Å². The van der Waals surface area contributed by atoms with Gasteiger partial charge in [-0.25, -0.2) is 0 Å². The number of nitrogens with zero attached hydrogens (tertiary/aromatic N) is 1. The molecular formula is C26H43BrN2O6. The second-order valence-corrected chi connectivity index (χ2v) is 13.9. The molecule has 2 amide bonds. The predicted molar refractivity (Wildman–Crippen MR) is 136 cm³/mol. The molecule has 1 unspecified atom stereocenters. The molecule has 3 aliphatic heterocycles. The van der Waals surface area contributed by atoms with Crippen LogP contribution in [0.2, 0.25) is 0 Å². The summed E-state index contributed by atoms with van der Waals surface area (Å²) in [5, 5.41) is 13.5. The number of ether oxygens (including phenoxy) is 2. The fourth-order valence-electron chi connectivity index (χ4n) is 6.86. The zero-order valence-electron chi connectivity index (χ0n) is 22.4. The van der Waals surface area contributed by atoms with Gasteiger partial charge in [0.25, 0.3) is 0 Å². The second-order valence-electron chi connectivity index (χ2n) is 12.7. The molecule has 0 aromatic heterocycles. The van der Waals surface area contributed by atoms with Crippen LogP contribution in [-0.4, -0.2) is 75.2 Å². The fourth-order valence-corrected chi connectivity index (χ4v) is 7.80. The van der Waals surface area contributed by atoms with Crippen molar-refractivity contribution < 1.29 is 29.0 Å². The molecule has 0 aromatic carbocycles. The van der Waals surface area contributed by atoms with Gasteiger partial charge < -0.3 is 24.8 Å². The van der Waals surface area contributed by atoms with E-state index >= 15 is 0 Å². The minimum Gasteiger partial charge on any atom is -0.466 e. The lowest BCUT2D eigenvalue weighted by Gasteiger charge is -2.40. The summed E-state index contributed by atoms with van der Waals surface area (Å²) in [7, 11) is 0. The first kappa shape index (κ1) is 28.4. The quantitative estimate of drug-likeness (QED) is 0.333. The van der Waals surface area contributed by atoms with E-state index in [1.54, 1.807) is 6.92 Å². The SMILES string of the molecule is CCOC(=O)[C@@H]1[C@H]2O[C@@]3(CC2Br)[C@H](C(=O)NC(C)(C)CC(C)(C)C)N([C@@H](CO)CC(C)C)C(=O)[C@@H]13. The third kappa shape index (κ3) is 5.28. The van der Waals surface area contributed by atoms with Crippen LogP contribution in [-0.2, 0) is 23.9 Å². The summed E-state index contributed by atoms with van der Waals surface area (Å²) in [4.78, 5) is 42.4. The minimum absolute atomic E-state index is 0.0215. The van der Waals surface area contributed by atoms with E-state index in [9.17, 15) is 19.5 Å². The van der Waals surface area contributed by atoms with Gasteiger partial charge in [-0.05, 0) is 51.4 Å². The number of aliphatic hydroxyl groups excluding tert-OH is 1. The van der Waals surface area contributed by atoms with Crippen molar-refractivity contribution in [2.24, 2.45) is 23.2 Å². The molecule has 0 aliphatic carbocycles. The van der Waals surface area contributed by atoms with E-state index in [-0.39, 0.29) is 41.2 Å². The molecule has 35 heavy (non-hydrogen) atoms. The summed E-state index contributed by atoms with van der Waals surface area (Å²) in [6.45, 7) is 16.0. The van der Waals surface area contributed by atoms with Crippen LogP contribution in [0, 0.1) is 23.2 Å². The lowest BCUT2D eigenvalue weighted by atomic mass is 9.70. The van der Waals surface area contributed by atoms with Crippen LogP contribution in [0.5, 0.6) is 0 Å². The molecule has 3 aliphatic rings. The van der Waals surface area contributed by atoms with E-state index in [4.69, 9.17) is 9.47 Å². The number of nitrogens with one attached hydrogen (secondary N) is 1. The first-order chi connectivity index (χ1) is 16.1. The maximum Gasteiger partial charge on any atom is 0.312 e. The Morgan fingerprint density at radius 3 is 2.43 bits per heavy atom. The summed E-state index contributed by atoms with van der Waals surface area (Å²) in [6, 6.07) is -1.50. The number of hydrogen-bond acceptors (Lipinski definition) is 6. The van der Waals surface area contributed by atoms with E-state index in [0.29, 0.717) is 12.8 Å². The Hall–Kier alpha value is -1.19. The van der Waals surface area contributed by atoms with Crippen molar-refractivity contribution in [3.8, 4) is 0 Å². The van der Waals surface area contributed by atoms with Crippen LogP contribution in [0.15, 0.2) is 0 Å². The number of esters is 1. The molecule has 7 atom stereocenters. The minimum atomic E-state index is -1.15. The highest BCUT2D eigenvalue weighted by atomic mass is 79.9.